The van der Waals surface area contributed by atoms with Gasteiger partial charge >= 0.3 is 18.0 Å². The van der Waals surface area contributed by atoms with Gasteiger partial charge in [0.1, 0.15) is 11.9 Å². The fourth-order valence-corrected chi connectivity index (χ4v) is 11.0. The van der Waals surface area contributed by atoms with Crippen molar-refractivity contribution in [3.63, 3.8) is 0 Å². The van der Waals surface area contributed by atoms with Crippen LogP contribution in [0.2, 0.25) is 0 Å². The number of hydrogen-bond acceptors (Lipinski definition) is 11. The van der Waals surface area contributed by atoms with Crippen LogP contribution in [0.4, 0.5) is 14.9 Å². The zero-order valence-electron chi connectivity index (χ0n) is 33.8. The summed E-state index contributed by atoms with van der Waals surface area (Å²) in [6.07, 6.45) is -9.17. The number of urea groups is 1. The Morgan fingerprint density at radius 3 is 2.10 bits per heavy atom. The van der Waals surface area contributed by atoms with Crippen molar-refractivity contribution in [2.24, 2.45) is 5.41 Å². The molecule has 4 aromatic carbocycles. The number of amides is 2. The van der Waals surface area contributed by atoms with Gasteiger partial charge in [-0.2, -0.15) is 8.42 Å². The van der Waals surface area contributed by atoms with E-state index in [1.54, 1.807) is 60.7 Å². The molecule has 6 rings (SSSR count). The van der Waals surface area contributed by atoms with Gasteiger partial charge in [0.05, 0.1) is 27.9 Å². The molecular formula is C44H49FN2O12S2. The van der Waals surface area contributed by atoms with Crippen molar-refractivity contribution >= 4 is 43.6 Å². The van der Waals surface area contributed by atoms with E-state index in [9.17, 15) is 40.9 Å². The summed E-state index contributed by atoms with van der Waals surface area (Å²) >= 11 is 0. The van der Waals surface area contributed by atoms with Gasteiger partial charge in [-0.15, -0.1) is 0 Å². The second kappa shape index (κ2) is 18.8. The number of fused-ring (bicyclic) bond motifs is 1. The summed E-state index contributed by atoms with van der Waals surface area (Å²) < 4.78 is 95.0. The fraction of sp³-hybridized carbons (Fsp3) is 0.386. The minimum atomic E-state index is -4.91. The predicted octanol–water partition coefficient (Wildman–Crippen LogP) is 6.39. The van der Waals surface area contributed by atoms with Gasteiger partial charge in [-0.1, -0.05) is 92.9 Å². The number of unbranched alkanes of at least 4 members (excludes halogenated alkanes) is 1. The average molecular weight is 881 g/mol. The molecule has 2 aliphatic heterocycles. The summed E-state index contributed by atoms with van der Waals surface area (Å²) in [7, 11) is -8.76. The molecule has 0 spiro atoms. The highest BCUT2D eigenvalue weighted by molar-refractivity contribution is 7.91. The maximum absolute atomic E-state index is 16.3. The van der Waals surface area contributed by atoms with E-state index < -0.39 is 91.8 Å². The lowest BCUT2D eigenvalue weighted by Gasteiger charge is -2.42. The van der Waals surface area contributed by atoms with Crippen LogP contribution in [0.5, 0.6) is 0 Å². The van der Waals surface area contributed by atoms with Gasteiger partial charge < -0.3 is 30.0 Å². The SMILES string of the molecule is CCCC[C@]1(CC)CS(=O)(=O)c2ccc(C)cc2[C@@H](c2cccc(NC(=O)N[C@@H]3O[C@H](CS(=O)(=O)O)[C@@H](F)[C@H](OC(=O)c4ccccc4)[C@H]3OC(=O)c3ccccc3)c2)[C@H]1O. The molecular weight excluding hydrogens is 832 g/mol. The molecule has 326 valence electrons. The van der Waals surface area contributed by atoms with Crippen LogP contribution in [-0.4, -0.2) is 92.8 Å². The second-order valence-electron chi connectivity index (χ2n) is 15.5. The Morgan fingerprint density at radius 1 is 0.885 bits per heavy atom. The third-order valence-electron chi connectivity index (χ3n) is 11.3. The molecule has 0 unspecified atom stereocenters. The first-order chi connectivity index (χ1) is 28.9. The predicted molar refractivity (Wildman–Crippen MR) is 223 cm³/mol. The zero-order chi connectivity index (χ0) is 44.1. The quantitative estimate of drug-likeness (QED) is 0.0851. The Balaban J connectivity index is 1.34. The summed E-state index contributed by atoms with van der Waals surface area (Å²) in [6, 6.07) is 25.4. The van der Waals surface area contributed by atoms with Crippen molar-refractivity contribution in [1.82, 2.24) is 5.32 Å². The number of ether oxygens (including phenoxy) is 3. The monoisotopic (exact) mass is 880 g/mol. The number of sulfone groups is 1. The molecule has 2 aliphatic rings. The van der Waals surface area contributed by atoms with Crippen LogP contribution in [-0.2, 0) is 34.2 Å². The average Bonchev–Trinajstić information content (AvgIpc) is 3.29. The fourth-order valence-electron chi connectivity index (χ4n) is 8.12. The first-order valence-corrected chi connectivity index (χ1v) is 23.2. The molecule has 1 fully saturated rings. The molecule has 8 atom stereocenters. The molecule has 4 N–H and O–H groups in total. The molecule has 0 aromatic heterocycles. The highest BCUT2D eigenvalue weighted by Crippen LogP contribution is 2.49. The van der Waals surface area contributed by atoms with Gasteiger partial charge in [-0.3, -0.25) is 4.55 Å². The number of anilines is 1. The smallest absolute Gasteiger partial charge is 0.338 e. The van der Waals surface area contributed by atoms with E-state index in [0.29, 0.717) is 30.4 Å². The van der Waals surface area contributed by atoms with Crippen LogP contribution in [0.25, 0.3) is 0 Å². The highest BCUT2D eigenvalue weighted by Gasteiger charge is 2.53. The molecule has 2 amide bonds. The van der Waals surface area contributed by atoms with Gasteiger partial charge in [-0.25, -0.2) is 27.2 Å². The molecule has 61 heavy (non-hydrogen) atoms. The molecule has 4 aromatic rings. The molecule has 2 heterocycles. The van der Waals surface area contributed by atoms with Crippen LogP contribution in [0.15, 0.2) is 108 Å². The third-order valence-corrected chi connectivity index (χ3v) is 14.0. The van der Waals surface area contributed by atoms with Crippen molar-refractivity contribution in [1.29, 1.82) is 0 Å². The van der Waals surface area contributed by atoms with Gasteiger partial charge in [0, 0.05) is 17.0 Å². The Kier molecular flexibility index (Phi) is 14.0. The van der Waals surface area contributed by atoms with Crippen LogP contribution in [0.3, 0.4) is 0 Å². The third kappa shape index (κ3) is 10.5. The van der Waals surface area contributed by atoms with E-state index >= 15 is 4.39 Å². The van der Waals surface area contributed by atoms with Crippen molar-refractivity contribution in [3.8, 4) is 0 Å². The lowest BCUT2D eigenvalue weighted by Crippen LogP contribution is -2.65. The van der Waals surface area contributed by atoms with Crippen molar-refractivity contribution in [2.75, 3.05) is 16.8 Å². The number of esters is 2. The number of alkyl halides is 1. The maximum atomic E-state index is 16.3. The number of carbonyl (C=O) groups is 3. The zero-order valence-corrected chi connectivity index (χ0v) is 35.4. The molecule has 14 nitrogen and oxygen atoms in total. The van der Waals surface area contributed by atoms with E-state index in [1.165, 1.54) is 42.5 Å². The minimum absolute atomic E-state index is 0.0122. The number of aliphatic hydroxyl groups excluding tert-OH is 1. The topological polar surface area (TPSA) is 212 Å². The summed E-state index contributed by atoms with van der Waals surface area (Å²) in [5.41, 5.74) is 0.859. The van der Waals surface area contributed by atoms with E-state index in [-0.39, 0.29) is 27.5 Å². The minimum Gasteiger partial charge on any atom is -0.451 e. The number of carbonyl (C=O) groups excluding carboxylic acids is 3. The van der Waals surface area contributed by atoms with Crippen molar-refractivity contribution in [2.45, 2.75) is 94.1 Å². The summed E-state index contributed by atoms with van der Waals surface area (Å²) in [6.45, 7) is 5.68. The number of rotatable bonds is 13. The first-order valence-electron chi connectivity index (χ1n) is 19.9. The number of benzene rings is 4. The molecule has 0 aliphatic carbocycles. The number of hydrogen-bond donors (Lipinski definition) is 4. The molecule has 0 bridgehead atoms. The molecule has 17 heteroatoms. The summed E-state index contributed by atoms with van der Waals surface area (Å²) in [4.78, 5) is 40.7. The standard InChI is InChI=1S/C44H49FN2O12S2/c1-4-6-22-44(5-2)26-60(52,53)34-21-20-27(3)23-32(34)35(39(44)48)30-18-13-19-31(24-30)46-43(51)47-40-38(59-42(50)29-16-11-8-12-17-29)37(36(45)33(57-40)25-61(54,55)56)58-41(49)28-14-9-7-10-15-28/h7-21,23-24,33,35-40,48H,4-6,22,25-26H2,1-3H3,(H2,46,47,51)(H,54,55,56)/t33-,35-,36-,37+,38-,39-,40-,44-/m1/s1. The lowest BCUT2D eigenvalue weighted by atomic mass is 9.69. The number of halogens is 1. The number of aliphatic hydroxyl groups is 1. The largest absolute Gasteiger partial charge is 0.451 e. The normalized spacial score (nSPS) is 25.9. The Hall–Kier alpha value is -5.20. The van der Waals surface area contributed by atoms with Gasteiger partial charge in [0.2, 0.25) is 0 Å². The molecule has 0 saturated carbocycles. The van der Waals surface area contributed by atoms with E-state index in [2.05, 4.69) is 10.6 Å². The number of nitrogens with one attached hydrogen (secondary N) is 2. The highest BCUT2D eigenvalue weighted by atomic mass is 32.2. The second-order valence-corrected chi connectivity index (χ2v) is 19.0. The maximum Gasteiger partial charge on any atom is 0.338 e. The molecule has 0 radical (unpaired) electrons. The Labute approximate surface area is 354 Å². The van der Waals surface area contributed by atoms with E-state index in [4.69, 9.17) is 14.2 Å². The first kappa shape index (κ1) is 45.3. The van der Waals surface area contributed by atoms with Gasteiger partial charge in [0.25, 0.3) is 10.1 Å². The lowest BCUT2D eigenvalue weighted by molar-refractivity contribution is -0.203. The van der Waals surface area contributed by atoms with Crippen molar-refractivity contribution in [3.05, 3.63) is 131 Å². The number of aryl methyl sites for hydroxylation is 1. The van der Waals surface area contributed by atoms with Gasteiger partial charge in [0.15, 0.2) is 34.4 Å². The Morgan fingerprint density at radius 2 is 1.51 bits per heavy atom. The molecule has 1 saturated heterocycles. The van der Waals surface area contributed by atoms with Crippen LogP contribution >= 0.6 is 0 Å². The van der Waals surface area contributed by atoms with E-state index in [1.807, 2.05) is 20.8 Å². The van der Waals surface area contributed by atoms with Crippen LogP contribution < -0.4 is 10.6 Å². The van der Waals surface area contributed by atoms with Crippen LogP contribution in [0.1, 0.15) is 82.9 Å². The summed E-state index contributed by atoms with van der Waals surface area (Å²) in [5, 5.41) is 17.4. The Bertz CT molecular complexity index is 2440. The van der Waals surface area contributed by atoms with Crippen molar-refractivity contribution < 1.29 is 59.5 Å². The van der Waals surface area contributed by atoms with Gasteiger partial charge in [-0.05, 0) is 73.4 Å². The van der Waals surface area contributed by atoms with Crippen LogP contribution in [0, 0.1) is 12.3 Å². The summed E-state index contributed by atoms with van der Waals surface area (Å²) in [5.74, 6) is -4.47. The van der Waals surface area contributed by atoms with E-state index in [0.717, 1.165) is 12.0 Å².